The van der Waals surface area contributed by atoms with Crippen LogP contribution in [-0.2, 0) is 0 Å². The highest BCUT2D eigenvalue weighted by molar-refractivity contribution is 5.78. The zero-order chi connectivity index (χ0) is 9.30. The fourth-order valence-corrected chi connectivity index (χ4v) is 0.883. The van der Waals surface area contributed by atoms with Crippen LogP contribution in [0.2, 0.25) is 0 Å². The van der Waals surface area contributed by atoms with Crippen molar-refractivity contribution in [2.45, 2.75) is 0 Å². The number of hydrogen-bond acceptors (Lipinski definition) is 5. The van der Waals surface area contributed by atoms with E-state index in [1.165, 1.54) is 7.11 Å². The highest BCUT2D eigenvalue weighted by atomic mass is 16.5. The molecule has 0 aliphatic heterocycles. The summed E-state index contributed by atoms with van der Waals surface area (Å²) in [5.41, 5.74) is 10.8. The lowest BCUT2D eigenvalue weighted by Crippen LogP contribution is -1.98. The summed E-state index contributed by atoms with van der Waals surface area (Å²) in [7, 11) is 1.35. The number of phenolic OH excluding ortho intramolecular Hbond substituents is 2. The molecule has 0 spiro atoms. The molecule has 0 saturated carbocycles. The summed E-state index contributed by atoms with van der Waals surface area (Å²) in [5, 5.41) is 18.2. The van der Waals surface area contributed by atoms with Crippen molar-refractivity contribution in [2.75, 3.05) is 18.6 Å². The van der Waals surface area contributed by atoms with Gasteiger partial charge in [-0.05, 0) is 0 Å². The van der Waals surface area contributed by atoms with Crippen LogP contribution in [0.15, 0.2) is 6.07 Å². The van der Waals surface area contributed by atoms with E-state index in [1.807, 2.05) is 0 Å². The number of aromatic hydroxyl groups is 2. The second-order valence-corrected chi connectivity index (χ2v) is 2.28. The van der Waals surface area contributed by atoms with E-state index in [0.29, 0.717) is 0 Å². The molecular formula is C7H10N2O3. The minimum absolute atomic E-state index is 0.0211. The van der Waals surface area contributed by atoms with Crippen LogP contribution >= 0.6 is 0 Å². The van der Waals surface area contributed by atoms with Gasteiger partial charge in [0.15, 0.2) is 5.75 Å². The first-order valence-electron chi connectivity index (χ1n) is 3.21. The SMILES string of the molecule is COc1c(N)c(O)cc(O)c1N. The highest BCUT2D eigenvalue weighted by Gasteiger charge is 2.13. The van der Waals surface area contributed by atoms with E-state index in [4.69, 9.17) is 26.4 Å². The van der Waals surface area contributed by atoms with Crippen LogP contribution < -0.4 is 16.2 Å². The number of rotatable bonds is 1. The first kappa shape index (κ1) is 8.32. The van der Waals surface area contributed by atoms with E-state index in [9.17, 15) is 0 Å². The molecule has 0 bridgehead atoms. The Bertz CT molecular complexity index is 286. The van der Waals surface area contributed by atoms with Gasteiger partial charge in [0.2, 0.25) is 0 Å². The quantitative estimate of drug-likeness (QED) is 0.275. The number of nitrogens with two attached hydrogens (primary N) is 2. The Kier molecular flexibility index (Phi) is 1.86. The number of hydrogen-bond donors (Lipinski definition) is 4. The summed E-state index contributed by atoms with van der Waals surface area (Å²) in [6.07, 6.45) is 0. The van der Waals surface area contributed by atoms with Crippen molar-refractivity contribution < 1.29 is 14.9 Å². The molecule has 0 aromatic heterocycles. The van der Waals surface area contributed by atoms with Gasteiger partial charge in [-0.25, -0.2) is 0 Å². The molecule has 12 heavy (non-hydrogen) atoms. The molecule has 6 N–H and O–H groups in total. The Hall–Kier alpha value is -1.78. The average Bonchev–Trinajstić information content (AvgIpc) is 2.02. The molecule has 0 radical (unpaired) electrons. The number of methoxy groups -OCH3 is 1. The first-order chi connectivity index (χ1) is 5.57. The van der Waals surface area contributed by atoms with Crippen molar-refractivity contribution in [1.82, 2.24) is 0 Å². The largest absolute Gasteiger partial charge is 0.505 e. The molecule has 1 aromatic rings. The van der Waals surface area contributed by atoms with E-state index >= 15 is 0 Å². The van der Waals surface area contributed by atoms with Crippen LogP contribution in [0.3, 0.4) is 0 Å². The van der Waals surface area contributed by atoms with Gasteiger partial charge in [-0.1, -0.05) is 0 Å². The van der Waals surface area contributed by atoms with Crippen LogP contribution in [0, 0.1) is 0 Å². The lowest BCUT2D eigenvalue weighted by atomic mass is 10.2. The third kappa shape index (κ3) is 1.05. The topological polar surface area (TPSA) is 102 Å². The molecule has 5 heteroatoms. The zero-order valence-corrected chi connectivity index (χ0v) is 6.53. The van der Waals surface area contributed by atoms with E-state index in [2.05, 4.69) is 0 Å². The lowest BCUT2D eigenvalue weighted by Gasteiger charge is -2.10. The summed E-state index contributed by atoms with van der Waals surface area (Å²) >= 11 is 0. The Labute approximate surface area is 69.2 Å². The molecule has 0 saturated heterocycles. The van der Waals surface area contributed by atoms with Crippen LogP contribution in [0.25, 0.3) is 0 Å². The van der Waals surface area contributed by atoms with Crippen LogP contribution in [0.4, 0.5) is 11.4 Å². The van der Waals surface area contributed by atoms with Crippen molar-refractivity contribution >= 4 is 11.4 Å². The fourth-order valence-electron chi connectivity index (χ4n) is 0.883. The highest BCUT2D eigenvalue weighted by Crippen LogP contribution is 2.41. The normalized spacial score (nSPS) is 9.75. The van der Waals surface area contributed by atoms with Gasteiger partial charge < -0.3 is 26.4 Å². The standard InChI is InChI=1S/C7H10N2O3/c1-12-7-5(8)3(10)2-4(11)6(7)9/h2,10-11H,8-9H2,1H3. The predicted octanol–water partition coefficient (Wildman–Crippen LogP) is 0.271. The Morgan fingerprint density at radius 2 is 1.58 bits per heavy atom. The fraction of sp³-hybridized carbons (Fsp3) is 0.143. The van der Waals surface area contributed by atoms with Crippen LogP contribution in [0.1, 0.15) is 0 Å². The van der Waals surface area contributed by atoms with E-state index in [1.54, 1.807) is 0 Å². The van der Waals surface area contributed by atoms with E-state index in [0.717, 1.165) is 6.07 Å². The van der Waals surface area contributed by atoms with Crippen molar-refractivity contribution in [3.63, 3.8) is 0 Å². The minimum atomic E-state index is -0.251. The maximum Gasteiger partial charge on any atom is 0.172 e. The molecule has 0 heterocycles. The van der Waals surface area contributed by atoms with Crippen molar-refractivity contribution in [3.05, 3.63) is 6.07 Å². The van der Waals surface area contributed by atoms with Gasteiger partial charge in [0.05, 0.1) is 7.11 Å². The summed E-state index contributed by atoms with van der Waals surface area (Å²) in [4.78, 5) is 0. The van der Waals surface area contributed by atoms with Crippen molar-refractivity contribution in [1.29, 1.82) is 0 Å². The van der Waals surface area contributed by atoms with Crippen LogP contribution in [-0.4, -0.2) is 17.3 Å². The van der Waals surface area contributed by atoms with Gasteiger partial charge in [-0.2, -0.15) is 0 Å². The second-order valence-electron chi connectivity index (χ2n) is 2.28. The first-order valence-corrected chi connectivity index (χ1v) is 3.21. The van der Waals surface area contributed by atoms with Crippen molar-refractivity contribution in [2.24, 2.45) is 0 Å². The molecule has 0 unspecified atom stereocenters. The van der Waals surface area contributed by atoms with Crippen LogP contribution in [0.5, 0.6) is 17.2 Å². The van der Waals surface area contributed by atoms with Gasteiger partial charge in [0.25, 0.3) is 0 Å². The molecule has 0 aliphatic rings. The molecule has 1 aromatic carbocycles. The van der Waals surface area contributed by atoms with E-state index in [-0.39, 0.29) is 28.6 Å². The average molecular weight is 170 g/mol. The molecule has 0 atom stereocenters. The number of benzene rings is 1. The molecule has 0 amide bonds. The maximum absolute atomic E-state index is 9.12. The Balaban J connectivity index is 3.42. The molecule has 1 rings (SSSR count). The minimum Gasteiger partial charge on any atom is -0.505 e. The second kappa shape index (κ2) is 2.69. The third-order valence-electron chi connectivity index (χ3n) is 1.52. The molecular weight excluding hydrogens is 160 g/mol. The summed E-state index contributed by atoms with van der Waals surface area (Å²) in [6.45, 7) is 0. The Morgan fingerprint density at radius 3 is 1.92 bits per heavy atom. The van der Waals surface area contributed by atoms with Gasteiger partial charge in [0.1, 0.15) is 22.9 Å². The van der Waals surface area contributed by atoms with Crippen molar-refractivity contribution in [3.8, 4) is 17.2 Å². The zero-order valence-electron chi connectivity index (χ0n) is 6.53. The Morgan fingerprint density at radius 1 is 1.17 bits per heavy atom. The third-order valence-corrected chi connectivity index (χ3v) is 1.52. The smallest absolute Gasteiger partial charge is 0.172 e. The van der Waals surface area contributed by atoms with E-state index < -0.39 is 0 Å². The number of anilines is 2. The van der Waals surface area contributed by atoms with Gasteiger partial charge in [0, 0.05) is 6.07 Å². The lowest BCUT2D eigenvalue weighted by molar-refractivity contribution is 0.404. The predicted molar refractivity (Wildman–Crippen MR) is 45.1 cm³/mol. The summed E-state index contributed by atoms with van der Waals surface area (Å²) in [6, 6.07) is 1.06. The number of nitrogen functional groups attached to an aromatic ring is 2. The monoisotopic (exact) mass is 170 g/mol. The van der Waals surface area contributed by atoms with Gasteiger partial charge in [-0.3, -0.25) is 0 Å². The molecule has 66 valence electrons. The summed E-state index contributed by atoms with van der Waals surface area (Å²) < 4.78 is 4.77. The summed E-state index contributed by atoms with van der Waals surface area (Å²) in [5.74, 6) is -0.412. The number of ether oxygens (including phenoxy) is 1. The molecule has 0 aliphatic carbocycles. The maximum atomic E-state index is 9.12. The van der Waals surface area contributed by atoms with Gasteiger partial charge in [-0.15, -0.1) is 0 Å². The molecule has 5 nitrogen and oxygen atoms in total. The number of phenols is 2. The molecule has 0 fully saturated rings. The van der Waals surface area contributed by atoms with Gasteiger partial charge >= 0.3 is 0 Å².